The molecule has 1 N–H and O–H groups in total. The van der Waals surface area contributed by atoms with Crippen LogP contribution < -0.4 is 0 Å². The molecule has 6 heteroatoms. The van der Waals surface area contributed by atoms with Gasteiger partial charge in [-0.1, -0.05) is 42.5 Å². The lowest BCUT2D eigenvalue weighted by Crippen LogP contribution is -2.39. The summed E-state index contributed by atoms with van der Waals surface area (Å²) in [6.45, 7) is 1.38. The number of benzene rings is 1. The molecule has 3 rings (SSSR count). The van der Waals surface area contributed by atoms with Gasteiger partial charge in [0.1, 0.15) is 0 Å². The SMILES string of the molecule is O=C(O)c1cnn(C2CCN(C(=O)CC/C=C/c3ccccc3)CC2)c1. The van der Waals surface area contributed by atoms with Crippen molar-refractivity contribution in [3.8, 4) is 0 Å². The van der Waals surface area contributed by atoms with E-state index in [0.717, 1.165) is 24.8 Å². The van der Waals surface area contributed by atoms with E-state index in [9.17, 15) is 9.59 Å². The number of nitrogens with zero attached hydrogens (tertiary/aromatic N) is 3. The Labute approximate surface area is 152 Å². The van der Waals surface area contributed by atoms with Gasteiger partial charge in [0.05, 0.1) is 17.8 Å². The first kappa shape index (κ1) is 17.9. The van der Waals surface area contributed by atoms with Crippen molar-refractivity contribution in [2.24, 2.45) is 0 Å². The van der Waals surface area contributed by atoms with Gasteiger partial charge in [0.25, 0.3) is 0 Å². The maximum Gasteiger partial charge on any atom is 0.338 e. The lowest BCUT2D eigenvalue weighted by molar-refractivity contribution is -0.132. The van der Waals surface area contributed by atoms with Crippen molar-refractivity contribution in [2.45, 2.75) is 31.7 Å². The lowest BCUT2D eigenvalue weighted by atomic mass is 10.0. The van der Waals surface area contributed by atoms with E-state index in [-0.39, 0.29) is 17.5 Å². The number of allylic oxidation sites excluding steroid dienone is 1. The minimum Gasteiger partial charge on any atom is -0.478 e. The monoisotopic (exact) mass is 353 g/mol. The minimum atomic E-state index is -0.965. The molecule has 6 nitrogen and oxygen atoms in total. The van der Waals surface area contributed by atoms with Gasteiger partial charge in [0.2, 0.25) is 5.91 Å². The maximum absolute atomic E-state index is 12.3. The molecule has 1 fully saturated rings. The molecule has 1 amide bonds. The molecule has 1 aromatic heterocycles. The van der Waals surface area contributed by atoms with Crippen LogP contribution in [0.1, 0.15) is 47.6 Å². The fraction of sp³-hybridized carbons (Fsp3) is 0.350. The van der Waals surface area contributed by atoms with Gasteiger partial charge in [-0.3, -0.25) is 9.48 Å². The van der Waals surface area contributed by atoms with Crippen LogP contribution in [0.25, 0.3) is 6.08 Å². The Kier molecular flexibility index (Phi) is 5.84. The number of amides is 1. The van der Waals surface area contributed by atoms with Gasteiger partial charge >= 0.3 is 5.97 Å². The first-order valence-electron chi connectivity index (χ1n) is 8.90. The van der Waals surface area contributed by atoms with Crippen molar-refractivity contribution in [1.29, 1.82) is 0 Å². The summed E-state index contributed by atoms with van der Waals surface area (Å²) in [7, 11) is 0. The highest BCUT2D eigenvalue weighted by Crippen LogP contribution is 2.23. The number of piperidine rings is 1. The van der Waals surface area contributed by atoms with E-state index in [0.29, 0.717) is 19.5 Å². The third-order valence-corrected chi connectivity index (χ3v) is 4.67. The Morgan fingerprint density at radius 2 is 1.92 bits per heavy atom. The van der Waals surface area contributed by atoms with E-state index in [2.05, 4.69) is 5.10 Å². The van der Waals surface area contributed by atoms with Crippen molar-refractivity contribution < 1.29 is 14.7 Å². The molecule has 0 spiro atoms. The molecule has 26 heavy (non-hydrogen) atoms. The average molecular weight is 353 g/mol. The molecule has 0 atom stereocenters. The summed E-state index contributed by atoms with van der Waals surface area (Å²) >= 11 is 0. The van der Waals surface area contributed by atoms with Gasteiger partial charge in [-0.05, 0) is 24.8 Å². The van der Waals surface area contributed by atoms with E-state index in [1.165, 1.54) is 6.20 Å². The van der Waals surface area contributed by atoms with Crippen molar-refractivity contribution in [2.75, 3.05) is 13.1 Å². The van der Waals surface area contributed by atoms with Crippen molar-refractivity contribution in [3.05, 3.63) is 59.9 Å². The number of hydrogen-bond donors (Lipinski definition) is 1. The van der Waals surface area contributed by atoms with Crippen LogP contribution in [0.3, 0.4) is 0 Å². The number of aromatic carboxylic acids is 1. The predicted molar refractivity (Wildman–Crippen MR) is 98.7 cm³/mol. The Balaban J connectivity index is 1.43. The predicted octanol–water partition coefficient (Wildman–Crippen LogP) is 3.24. The summed E-state index contributed by atoms with van der Waals surface area (Å²) < 4.78 is 1.72. The number of carboxylic acids is 1. The molecule has 2 aromatic rings. The summed E-state index contributed by atoms with van der Waals surface area (Å²) in [5.41, 5.74) is 1.34. The highest BCUT2D eigenvalue weighted by atomic mass is 16.4. The Morgan fingerprint density at radius 1 is 1.19 bits per heavy atom. The van der Waals surface area contributed by atoms with Crippen LogP contribution in [0.5, 0.6) is 0 Å². The van der Waals surface area contributed by atoms with Crippen molar-refractivity contribution >= 4 is 18.0 Å². The molecule has 0 saturated carbocycles. The summed E-state index contributed by atoms with van der Waals surface area (Å²) in [6, 6.07) is 10.2. The van der Waals surface area contributed by atoms with E-state index in [1.807, 2.05) is 47.4 Å². The third-order valence-electron chi connectivity index (χ3n) is 4.67. The number of hydrogen-bond acceptors (Lipinski definition) is 3. The molecule has 1 aliphatic heterocycles. The number of rotatable bonds is 6. The maximum atomic E-state index is 12.3. The quantitative estimate of drug-likeness (QED) is 0.865. The molecule has 1 saturated heterocycles. The molecule has 0 aliphatic carbocycles. The highest BCUT2D eigenvalue weighted by molar-refractivity contribution is 5.86. The van der Waals surface area contributed by atoms with Crippen LogP contribution in [0.4, 0.5) is 0 Å². The third kappa shape index (κ3) is 4.59. The van der Waals surface area contributed by atoms with Crippen LogP contribution in [0.15, 0.2) is 48.8 Å². The second-order valence-electron chi connectivity index (χ2n) is 6.48. The molecular formula is C20H23N3O3. The normalized spacial score (nSPS) is 15.5. The number of carbonyl (C=O) groups excluding carboxylic acids is 1. The van der Waals surface area contributed by atoms with Gasteiger partial charge < -0.3 is 10.0 Å². The number of likely N-dealkylation sites (tertiary alicyclic amines) is 1. The molecular weight excluding hydrogens is 330 g/mol. The van der Waals surface area contributed by atoms with Crippen LogP contribution in [0, 0.1) is 0 Å². The summed E-state index contributed by atoms with van der Waals surface area (Å²) in [5.74, 6) is -0.791. The standard InChI is InChI=1S/C20H23N3O3/c24-19(9-5-4-8-16-6-2-1-3-7-16)22-12-10-18(11-13-22)23-15-17(14-21-23)20(25)26/h1-4,6-8,14-15,18H,5,9-13H2,(H,25,26)/b8-4+. The summed E-state index contributed by atoms with van der Waals surface area (Å²) in [5, 5.41) is 13.1. The molecule has 0 radical (unpaired) electrons. The fourth-order valence-corrected chi connectivity index (χ4v) is 3.18. The molecule has 2 heterocycles. The number of carbonyl (C=O) groups is 2. The molecule has 136 valence electrons. The molecule has 1 aliphatic rings. The molecule has 0 bridgehead atoms. The zero-order valence-electron chi connectivity index (χ0n) is 14.6. The van der Waals surface area contributed by atoms with Crippen molar-refractivity contribution in [3.63, 3.8) is 0 Å². The topological polar surface area (TPSA) is 75.4 Å². The van der Waals surface area contributed by atoms with Gasteiger partial charge in [-0.2, -0.15) is 5.10 Å². The van der Waals surface area contributed by atoms with E-state index in [1.54, 1.807) is 10.9 Å². The van der Waals surface area contributed by atoms with Crippen LogP contribution in [-0.2, 0) is 4.79 Å². The van der Waals surface area contributed by atoms with Gasteiger partial charge in [0.15, 0.2) is 0 Å². The Morgan fingerprint density at radius 3 is 2.58 bits per heavy atom. The van der Waals surface area contributed by atoms with Crippen LogP contribution >= 0.6 is 0 Å². The Bertz CT molecular complexity index is 775. The van der Waals surface area contributed by atoms with E-state index >= 15 is 0 Å². The largest absolute Gasteiger partial charge is 0.478 e. The Hall–Kier alpha value is -2.89. The fourth-order valence-electron chi connectivity index (χ4n) is 3.18. The molecule has 1 aromatic carbocycles. The van der Waals surface area contributed by atoms with E-state index < -0.39 is 5.97 Å². The second-order valence-corrected chi connectivity index (χ2v) is 6.48. The number of carboxylic acid groups (broad SMARTS) is 1. The van der Waals surface area contributed by atoms with Gasteiger partial charge in [-0.25, -0.2) is 4.79 Å². The van der Waals surface area contributed by atoms with Gasteiger partial charge in [-0.15, -0.1) is 0 Å². The first-order chi connectivity index (χ1) is 12.6. The smallest absolute Gasteiger partial charge is 0.338 e. The minimum absolute atomic E-state index is 0.158. The highest BCUT2D eigenvalue weighted by Gasteiger charge is 2.24. The van der Waals surface area contributed by atoms with Gasteiger partial charge in [0, 0.05) is 25.7 Å². The van der Waals surface area contributed by atoms with Crippen molar-refractivity contribution in [1.82, 2.24) is 14.7 Å². The van der Waals surface area contributed by atoms with Crippen LogP contribution in [0.2, 0.25) is 0 Å². The second kappa shape index (κ2) is 8.47. The lowest BCUT2D eigenvalue weighted by Gasteiger charge is -2.32. The first-order valence-corrected chi connectivity index (χ1v) is 8.90. The summed E-state index contributed by atoms with van der Waals surface area (Å²) in [6.07, 6.45) is 9.86. The average Bonchev–Trinajstić information content (AvgIpc) is 3.17. The molecule has 0 unspecified atom stereocenters. The zero-order valence-corrected chi connectivity index (χ0v) is 14.6. The zero-order chi connectivity index (χ0) is 18.4. The van der Waals surface area contributed by atoms with E-state index in [4.69, 9.17) is 5.11 Å². The van der Waals surface area contributed by atoms with Crippen LogP contribution in [-0.4, -0.2) is 44.8 Å². The summed E-state index contributed by atoms with van der Waals surface area (Å²) in [4.78, 5) is 25.2. The number of aromatic nitrogens is 2.